The first-order valence-electron chi connectivity index (χ1n) is 5.84. The fourth-order valence-corrected chi connectivity index (χ4v) is 2.39. The molecule has 0 amide bonds. The van der Waals surface area contributed by atoms with Crippen LogP contribution in [0.2, 0.25) is 5.02 Å². The molecule has 4 nitrogen and oxygen atoms in total. The van der Waals surface area contributed by atoms with E-state index in [4.69, 9.17) is 16.3 Å². The largest absolute Gasteiger partial charge is 0.468 e. The van der Waals surface area contributed by atoms with Crippen LogP contribution < -0.4 is 0 Å². The maximum Gasteiger partial charge on any atom is 0.323 e. The molecule has 1 aromatic rings. The molecular formula is C13H16ClNO3. The van der Waals surface area contributed by atoms with Crippen molar-refractivity contribution < 1.29 is 14.6 Å². The van der Waals surface area contributed by atoms with Crippen LogP contribution in [0.3, 0.4) is 0 Å². The Bertz CT molecular complexity index is 421. The Morgan fingerprint density at radius 3 is 2.78 bits per heavy atom. The quantitative estimate of drug-likeness (QED) is 0.844. The Balaban J connectivity index is 2.07. The average Bonchev–Trinajstić information content (AvgIpc) is 2.72. The fourth-order valence-electron chi connectivity index (χ4n) is 2.26. The Morgan fingerprint density at radius 2 is 2.17 bits per heavy atom. The predicted octanol–water partition coefficient (Wildman–Crippen LogP) is 1.45. The van der Waals surface area contributed by atoms with Crippen molar-refractivity contribution in [1.82, 2.24) is 4.90 Å². The second kappa shape index (κ2) is 5.69. The smallest absolute Gasteiger partial charge is 0.323 e. The van der Waals surface area contributed by atoms with Gasteiger partial charge < -0.3 is 9.84 Å². The number of benzene rings is 1. The number of β-amino-alcohol motifs (C(OH)–C–C–N with tert-alkyl or cyclic N) is 1. The van der Waals surface area contributed by atoms with Crippen LogP contribution in [0.1, 0.15) is 12.0 Å². The van der Waals surface area contributed by atoms with Crippen LogP contribution in [0.25, 0.3) is 0 Å². The number of rotatable bonds is 3. The third-order valence-corrected chi connectivity index (χ3v) is 3.41. The van der Waals surface area contributed by atoms with Gasteiger partial charge in [-0.25, -0.2) is 0 Å². The Labute approximate surface area is 111 Å². The SMILES string of the molecule is COC(=O)C1CC(O)CN1Cc1ccc(Cl)cc1. The molecule has 1 N–H and O–H groups in total. The molecule has 1 saturated heterocycles. The standard InChI is InChI=1S/C13H16ClNO3/c1-18-13(17)12-6-11(16)8-15(12)7-9-2-4-10(14)5-3-9/h2-5,11-12,16H,6-8H2,1H3. The summed E-state index contributed by atoms with van der Waals surface area (Å²) >= 11 is 5.83. The zero-order valence-electron chi connectivity index (χ0n) is 10.2. The highest BCUT2D eigenvalue weighted by Gasteiger charge is 2.36. The zero-order valence-corrected chi connectivity index (χ0v) is 10.9. The maximum atomic E-state index is 11.6. The summed E-state index contributed by atoms with van der Waals surface area (Å²) < 4.78 is 4.76. The van der Waals surface area contributed by atoms with E-state index in [2.05, 4.69) is 0 Å². The molecule has 2 unspecified atom stereocenters. The first-order valence-corrected chi connectivity index (χ1v) is 6.22. The van der Waals surface area contributed by atoms with Crippen molar-refractivity contribution in [3.8, 4) is 0 Å². The number of ether oxygens (including phenoxy) is 1. The Kier molecular flexibility index (Phi) is 4.22. The molecule has 0 radical (unpaired) electrons. The van der Waals surface area contributed by atoms with Gasteiger partial charge in [0.05, 0.1) is 13.2 Å². The van der Waals surface area contributed by atoms with Crippen LogP contribution in [0, 0.1) is 0 Å². The molecule has 0 bridgehead atoms. The molecule has 1 aromatic carbocycles. The van der Waals surface area contributed by atoms with Crippen molar-refractivity contribution >= 4 is 17.6 Å². The number of likely N-dealkylation sites (tertiary alicyclic amines) is 1. The number of nitrogens with zero attached hydrogens (tertiary/aromatic N) is 1. The lowest BCUT2D eigenvalue weighted by Gasteiger charge is -2.21. The van der Waals surface area contributed by atoms with E-state index in [9.17, 15) is 9.90 Å². The van der Waals surface area contributed by atoms with E-state index in [0.29, 0.717) is 24.5 Å². The van der Waals surface area contributed by atoms with E-state index in [-0.39, 0.29) is 12.0 Å². The van der Waals surface area contributed by atoms with Crippen molar-refractivity contribution in [2.45, 2.75) is 25.1 Å². The van der Waals surface area contributed by atoms with E-state index in [0.717, 1.165) is 5.56 Å². The molecule has 2 atom stereocenters. The Hall–Kier alpha value is -1.10. The van der Waals surface area contributed by atoms with Gasteiger partial charge in [0, 0.05) is 24.5 Å². The second-order valence-electron chi connectivity index (χ2n) is 4.48. The molecular weight excluding hydrogens is 254 g/mol. The minimum absolute atomic E-state index is 0.291. The molecule has 1 fully saturated rings. The van der Waals surface area contributed by atoms with E-state index < -0.39 is 6.10 Å². The molecule has 1 aliphatic rings. The van der Waals surface area contributed by atoms with Crippen LogP contribution in [0.15, 0.2) is 24.3 Å². The lowest BCUT2D eigenvalue weighted by molar-refractivity contribution is -0.146. The summed E-state index contributed by atoms with van der Waals surface area (Å²) in [7, 11) is 1.37. The summed E-state index contributed by atoms with van der Waals surface area (Å²) in [6.45, 7) is 1.09. The summed E-state index contributed by atoms with van der Waals surface area (Å²) in [6, 6.07) is 7.11. The molecule has 0 spiro atoms. The van der Waals surface area contributed by atoms with Gasteiger partial charge >= 0.3 is 5.97 Å². The molecule has 5 heteroatoms. The van der Waals surface area contributed by atoms with Crippen molar-refractivity contribution in [3.63, 3.8) is 0 Å². The number of carbonyl (C=O) groups is 1. The normalized spacial score (nSPS) is 24.2. The number of hydrogen-bond acceptors (Lipinski definition) is 4. The fraction of sp³-hybridized carbons (Fsp3) is 0.462. The number of carbonyl (C=O) groups excluding carboxylic acids is 1. The average molecular weight is 270 g/mol. The maximum absolute atomic E-state index is 11.6. The van der Waals surface area contributed by atoms with Gasteiger partial charge in [0.1, 0.15) is 6.04 Å². The van der Waals surface area contributed by atoms with Gasteiger partial charge in [-0.1, -0.05) is 23.7 Å². The van der Waals surface area contributed by atoms with Gasteiger partial charge in [-0.05, 0) is 17.7 Å². The molecule has 1 aliphatic heterocycles. The van der Waals surface area contributed by atoms with Crippen LogP contribution in [-0.4, -0.2) is 41.8 Å². The number of aliphatic hydroxyl groups is 1. The minimum atomic E-state index is -0.471. The van der Waals surface area contributed by atoms with E-state index in [1.54, 1.807) is 0 Å². The van der Waals surface area contributed by atoms with E-state index in [1.807, 2.05) is 29.2 Å². The van der Waals surface area contributed by atoms with Gasteiger partial charge in [-0.15, -0.1) is 0 Å². The van der Waals surface area contributed by atoms with Crippen LogP contribution in [0.4, 0.5) is 0 Å². The van der Waals surface area contributed by atoms with Gasteiger partial charge in [-0.3, -0.25) is 9.69 Å². The van der Waals surface area contributed by atoms with Crippen molar-refractivity contribution in [2.75, 3.05) is 13.7 Å². The highest BCUT2D eigenvalue weighted by Crippen LogP contribution is 2.22. The van der Waals surface area contributed by atoms with Gasteiger partial charge in [-0.2, -0.15) is 0 Å². The minimum Gasteiger partial charge on any atom is -0.468 e. The van der Waals surface area contributed by atoms with E-state index >= 15 is 0 Å². The van der Waals surface area contributed by atoms with Gasteiger partial charge in [0.2, 0.25) is 0 Å². The first kappa shape index (κ1) is 13.3. The highest BCUT2D eigenvalue weighted by molar-refractivity contribution is 6.30. The summed E-state index contributed by atoms with van der Waals surface area (Å²) in [5.74, 6) is -0.291. The topological polar surface area (TPSA) is 49.8 Å². The second-order valence-corrected chi connectivity index (χ2v) is 4.92. The van der Waals surface area contributed by atoms with Gasteiger partial charge in [0.15, 0.2) is 0 Å². The molecule has 18 heavy (non-hydrogen) atoms. The van der Waals surface area contributed by atoms with Crippen LogP contribution >= 0.6 is 11.6 Å². The van der Waals surface area contributed by atoms with Gasteiger partial charge in [0.25, 0.3) is 0 Å². The number of methoxy groups -OCH3 is 1. The first-order chi connectivity index (χ1) is 8.60. The molecule has 2 rings (SSSR count). The van der Waals surface area contributed by atoms with Crippen molar-refractivity contribution in [2.24, 2.45) is 0 Å². The summed E-state index contributed by atoms with van der Waals surface area (Å²) in [5, 5.41) is 10.4. The third kappa shape index (κ3) is 3.02. The molecule has 0 aromatic heterocycles. The molecule has 0 aliphatic carbocycles. The molecule has 0 saturated carbocycles. The Morgan fingerprint density at radius 1 is 1.50 bits per heavy atom. The van der Waals surface area contributed by atoms with Crippen LogP contribution in [-0.2, 0) is 16.1 Å². The van der Waals surface area contributed by atoms with E-state index in [1.165, 1.54) is 7.11 Å². The predicted molar refractivity (Wildman–Crippen MR) is 68.3 cm³/mol. The third-order valence-electron chi connectivity index (χ3n) is 3.15. The summed E-state index contributed by atoms with van der Waals surface area (Å²) in [5.41, 5.74) is 1.06. The lowest BCUT2D eigenvalue weighted by atomic mass is 10.2. The number of esters is 1. The monoisotopic (exact) mass is 269 g/mol. The summed E-state index contributed by atoms with van der Waals surface area (Å²) in [4.78, 5) is 13.5. The molecule has 1 heterocycles. The lowest BCUT2D eigenvalue weighted by Crippen LogP contribution is -2.36. The molecule has 98 valence electrons. The zero-order chi connectivity index (χ0) is 13.1. The number of hydrogen-bond donors (Lipinski definition) is 1. The number of halogens is 1. The van der Waals surface area contributed by atoms with Crippen LogP contribution in [0.5, 0.6) is 0 Å². The number of aliphatic hydroxyl groups excluding tert-OH is 1. The van der Waals surface area contributed by atoms with Crippen molar-refractivity contribution in [1.29, 1.82) is 0 Å². The summed E-state index contributed by atoms with van der Waals surface area (Å²) in [6.07, 6.45) is -0.0401. The van der Waals surface area contributed by atoms with Crippen molar-refractivity contribution in [3.05, 3.63) is 34.9 Å². The highest BCUT2D eigenvalue weighted by atomic mass is 35.5.